The predicted molar refractivity (Wildman–Crippen MR) is 123 cm³/mol. The van der Waals surface area contributed by atoms with Crippen LogP contribution in [0.3, 0.4) is 0 Å². The zero-order chi connectivity index (χ0) is 22.8. The van der Waals surface area contributed by atoms with Crippen molar-refractivity contribution in [3.8, 4) is 0 Å². The number of ether oxygens (including phenoxy) is 2. The molecule has 1 unspecified atom stereocenters. The van der Waals surface area contributed by atoms with Crippen LogP contribution >= 0.6 is 11.8 Å². The second-order valence-corrected chi connectivity index (χ2v) is 9.08. The lowest BCUT2D eigenvalue weighted by atomic mass is 10.1. The van der Waals surface area contributed by atoms with Gasteiger partial charge < -0.3 is 14.4 Å². The van der Waals surface area contributed by atoms with Gasteiger partial charge in [-0.1, -0.05) is 42.1 Å². The van der Waals surface area contributed by atoms with Crippen LogP contribution in [0.2, 0.25) is 0 Å². The Morgan fingerprint density at radius 3 is 2.73 bits per heavy atom. The zero-order valence-corrected chi connectivity index (χ0v) is 18.6. The number of nitrogens with zero attached hydrogens (tertiary/aromatic N) is 1. The maximum atomic E-state index is 14.5. The Balaban J connectivity index is 1.50. The summed E-state index contributed by atoms with van der Waals surface area (Å²) in [5.41, 5.74) is 1.82. The molecule has 3 aromatic carbocycles. The van der Waals surface area contributed by atoms with E-state index in [9.17, 15) is 14.0 Å². The molecule has 0 radical (unpaired) electrons. The lowest BCUT2D eigenvalue weighted by molar-refractivity contribution is 0.0161. The molecule has 5 rings (SSSR count). The van der Waals surface area contributed by atoms with Crippen molar-refractivity contribution in [1.29, 1.82) is 0 Å². The molecule has 2 heterocycles. The first-order valence-electron chi connectivity index (χ1n) is 10.8. The number of fused-ring (bicyclic) bond motifs is 2. The Bertz CT molecular complexity index is 1210. The van der Waals surface area contributed by atoms with Gasteiger partial charge in [0.25, 0.3) is 5.91 Å². The minimum Gasteiger partial charge on any atom is -0.459 e. The highest BCUT2D eigenvalue weighted by atomic mass is 32.2. The molecular formula is C26H22FNO4S. The van der Waals surface area contributed by atoms with Crippen LogP contribution in [-0.4, -0.2) is 31.2 Å². The van der Waals surface area contributed by atoms with Gasteiger partial charge >= 0.3 is 5.97 Å². The van der Waals surface area contributed by atoms with E-state index in [2.05, 4.69) is 0 Å². The van der Waals surface area contributed by atoms with E-state index in [1.165, 1.54) is 22.7 Å². The first kappa shape index (κ1) is 21.7. The van der Waals surface area contributed by atoms with Crippen LogP contribution in [0, 0.1) is 5.82 Å². The third-order valence-electron chi connectivity index (χ3n) is 5.78. The molecule has 0 aromatic heterocycles. The molecule has 168 valence electrons. The molecule has 0 N–H and O–H groups in total. The fourth-order valence-corrected chi connectivity index (χ4v) is 5.09. The number of carbonyl (C=O) groups is 2. The molecule has 1 amide bonds. The summed E-state index contributed by atoms with van der Waals surface area (Å²) in [6, 6.07) is 18.9. The van der Waals surface area contributed by atoms with Gasteiger partial charge in [-0.25, -0.2) is 9.18 Å². The summed E-state index contributed by atoms with van der Waals surface area (Å²) in [6.45, 7) is 0.932. The first-order valence-corrected chi connectivity index (χ1v) is 11.7. The number of anilines is 1. The van der Waals surface area contributed by atoms with E-state index in [1.807, 2.05) is 24.3 Å². The van der Waals surface area contributed by atoms with Gasteiger partial charge in [-0.2, -0.15) is 0 Å². The molecule has 5 nitrogen and oxygen atoms in total. The fraction of sp³-hybridized carbons (Fsp3) is 0.231. The van der Waals surface area contributed by atoms with Crippen LogP contribution in [0.25, 0.3) is 0 Å². The van der Waals surface area contributed by atoms with Crippen LogP contribution < -0.4 is 4.90 Å². The summed E-state index contributed by atoms with van der Waals surface area (Å²) in [4.78, 5) is 29.4. The molecule has 0 saturated carbocycles. The van der Waals surface area contributed by atoms with Crippen molar-refractivity contribution in [2.45, 2.75) is 35.3 Å². The third-order valence-corrected chi connectivity index (χ3v) is 6.92. The summed E-state index contributed by atoms with van der Waals surface area (Å²) in [5, 5.41) is 0. The molecule has 0 spiro atoms. The highest BCUT2D eigenvalue weighted by molar-refractivity contribution is 7.99. The van der Waals surface area contributed by atoms with Gasteiger partial charge in [0.15, 0.2) is 0 Å². The molecular weight excluding hydrogens is 441 g/mol. The lowest BCUT2D eigenvalue weighted by Gasteiger charge is -2.24. The number of hydrogen-bond acceptors (Lipinski definition) is 5. The Morgan fingerprint density at radius 2 is 1.91 bits per heavy atom. The maximum Gasteiger partial charge on any atom is 0.338 e. The molecule has 0 bridgehead atoms. The maximum absolute atomic E-state index is 14.5. The highest BCUT2D eigenvalue weighted by Crippen LogP contribution is 2.42. The van der Waals surface area contributed by atoms with Gasteiger partial charge in [-0.05, 0) is 49.2 Å². The molecule has 1 atom stereocenters. The largest absolute Gasteiger partial charge is 0.459 e. The van der Waals surface area contributed by atoms with Crippen molar-refractivity contribution >= 4 is 29.3 Å². The minimum absolute atomic E-state index is 0.0435. The lowest BCUT2D eigenvalue weighted by Crippen LogP contribution is -2.31. The van der Waals surface area contributed by atoms with Crippen LogP contribution in [0.5, 0.6) is 0 Å². The number of hydrogen-bond donors (Lipinski definition) is 0. The summed E-state index contributed by atoms with van der Waals surface area (Å²) in [6.07, 6.45) is 1.77. The molecule has 2 aliphatic rings. The normalized spacial score (nSPS) is 17.3. The summed E-state index contributed by atoms with van der Waals surface area (Å²) in [5.74, 6) is -1.10. The van der Waals surface area contributed by atoms with Crippen LogP contribution in [0.1, 0.15) is 39.1 Å². The molecule has 3 aromatic rings. The molecule has 33 heavy (non-hydrogen) atoms. The van der Waals surface area contributed by atoms with Gasteiger partial charge in [-0.15, -0.1) is 0 Å². The Labute approximate surface area is 195 Å². The van der Waals surface area contributed by atoms with Gasteiger partial charge in [0.2, 0.25) is 0 Å². The summed E-state index contributed by atoms with van der Waals surface area (Å²) >= 11 is 1.45. The van der Waals surface area contributed by atoms with Crippen molar-refractivity contribution in [3.05, 3.63) is 89.2 Å². The van der Waals surface area contributed by atoms with E-state index in [0.717, 1.165) is 22.6 Å². The Hall–Kier alpha value is -3.16. The summed E-state index contributed by atoms with van der Waals surface area (Å²) < 4.78 is 25.5. The monoisotopic (exact) mass is 463 g/mol. The average Bonchev–Trinajstić information content (AvgIpc) is 3.32. The van der Waals surface area contributed by atoms with Crippen molar-refractivity contribution in [2.24, 2.45) is 0 Å². The summed E-state index contributed by atoms with van der Waals surface area (Å²) in [7, 11) is 0. The van der Waals surface area contributed by atoms with Crippen molar-refractivity contribution < 1.29 is 23.5 Å². The SMILES string of the molecule is O=C(OCC1CCCO1)c1ccc2c(c1)N(Cc1ccccc1F)C(=O)c1ccccc1S2. The highest BCUT2D eigenvalue weighted by Gasteiger charge is 2.29. The number of benzene rings is 3. The van der Waals surface area contributed by atoms with Gasteiger partial charge in [0, 0.05) is 22.0 Å². The molecule has 2 aliphatic heterocycles. The zero-order valence-electron chi connectivity index (χ0n) is 17.8. The van der Waals surface area contributed by atoms with Crippen LogP contribution in [0.15, 0.2) is 76.5 Å². The number of rotatable bonds is 5. The topological polar surface area (TPSA) is 55.8 Å². The molecule has 7 heteroatoms. The van der Waals surface area contributed by atoms with E-state index >= 15 is 0 Å². The van der Waals surface area contributed by atoms with Crippen molar-refractivity contribution in [3.63, 3.8) is 0 Å². The second-order valence-electron chi connectivity index (χ2n) is 8.00. The average molecular weight is 464 g/mol. The Kier molecular flexibility index (Phi) is 6.15. The van der Waals surface area contributed by atoms with Gasteiger partial charge in [-0.3, -0.25) is 4.79 Å². The second kappa shape index (κ2) is 9.37. The van der Waals surface area contributed by atoms with E-state index < -0.39 is 5.97 Å². The van der Waals surface area contributed by atoms with Crippen molar-refractivity contribution in [2.75, 3.05) is 18.1 Å². The standard InChI is InChI=1S/C26H22FNO4S/c27-21-9-3-1-6-18(21)15-28-22-14-17(26(30)32-16-19-7-5-13-31-19)11-12-24(22)33-23-10-4-2-8-20(23)25(28)29/h1-4,6,8-12,14,19H,5,7,13,15-16H2. The number of carbonyl (C=O) groups excluding carboxylic acids is 2. The van der Waals surface area contributed by atoms with Crippen LogP contribution in [-0.2, 0) is 16.0 Å². The first-order chi connectivity index (χ1) is 16.1. The molecule has 0 aliphatic carbocycles. The van der Waals surface area contributed by atoms with Gasteiger partial charge in [0.1, 0.15) is 12.4 Å². The number of amides is 1. The van der Waals surface area contributed by atoms with Gasteiger partial charge in [0.05, 0.1) is 29.5 Å². The number of esters is 1. The molecule has 1 fully saturated rings. The third kappa shape index (κ3) is 4.51. The van der Waals surface area contributed by atoms with E-state index in [-0.39, 0.29) is 31.0 Å². The van der Waals surface area contributed by atoms with Crippen molar-refractivity contribution in [1.82, 2.24) is 0 Å². The molecule has 1 saturated heterocycles. The predicted octanol–water partition coefficient (Wildman–Crippen LogP) is 5.47. The smallest absolute Gasteiger partial charge is 0.338 e. The quantitative estimate of drug-likeness (QED) is 0.470. The minimum atomic E-state index is -0.474. The van der Waals surface area contributed by atoms with Crippen LogP contribution in [0.4, 0.5) is 10.1 Å². The number of halogens is 1. The fourth-order valence-electron chi connectivity index (χ4n) is 4.03. The Morgan fingerprint density at radius 1 is 1.09 bits per heavy atom. The van der Waals surface area contributed by atoms with E-state index in [0.29, 0.717) is 29.0 Å². The van der Waals surface area contributed by atoms with E-state index in [1.54, 1.807) is 36.4 Å². The van der Waals surface area contributed by atoms with E-state index in [4.69, 9.17) is 9.47 Å².